The van der Waals surface area contributed by atoms with Crippen molar-refractivity contribution in [1.82, 2.24) is 10.2 Å². The van der Waals surface area contributed by atoms with E-state index < -0.39 is 6.04 Å². The number of nitrogens with one attached hydrogen (secondary N) is 1. The Morgan fingerprint density at radius 2 is 1.78 bits per heavy atom. The van der Waals surface area contributed by atoms with E-state index in [-0.39, 0.29) is 29.9 Å². The van der Waals surface area contributed by atoms with Crippen molar-refractivity contribution in [2.24, 2.45) is 11.8 Å². The third-order valence-electron chi connectivity index (χ3n) is 6.24. The first kappa shape index (κ1) is 22.3. The Bertz CT molecular complexity index is 929. The molecule has 0 saturated carbocycles. The summed E-state index contributed by atoms with van der Waals surface area (Å²) in [5.74, 6) is 1.74. The van der Waals surface area contributed by atoms with Crippen LogP contribution in [0, 0.1) is 11.8 Å². The normalized spacial score (nSPS) is 23.1. The number of nitrogens with zero attached hydrogens (tertiary/aromatic N) is 1. The molecular weight excluding hydrogens is 404 g/mol. The topological polar surface area (TPSA) is 67.9 Å². The van der Waals surface area contributed by atoms with Gasteiger partial charge in [-0.2, -0.15) is 0 Å². The zero-order chi connectivity index (χ0) is 22.7. The second-order valence-electron chi connectivity index (χ2n) is 9.25. The van der Waals surface area contributed by atoms with Gasteiger partial charge in [-0.15, -0.1) is 0 Å². The molecule has 0 bridgehead atoms. The van der Waals surface area contributed by atoms with E-state index in [1.54, 1.807) is 24.3 Å². The number of likely N-dealkylation sites (tertiary alicyclic amines) is 1. The van der Waals surface area contributed by atoms with Crippen molar-refractivity contribution < 1.29 is 19.1 Å². The molecule has 2 aromatic carbocycles. The molecule has 6 nitrogen and oxygen atoms in total. The van der Waals surface area contributed by atoms with E-state index in [1.807, 2.05) is 35.2 Å². The number of hydrogen-bond donors (Lipinski definition) is 1. The standard InChI is InChI=1S/C26H32N2O4/c1-17(2)15-22(26(30)28-16-18(3)24-23(28)13-14-31-24)27-25(29)19-9-11-21(12-10-19)32-20-7-5-4-6-8-20/h4-12,17-18,22-24H,13-16H2,1-3H3,(H,27,29)/t18?,22-,23+,24?/m0/s1. The minimum Gasteiger partial charge on any atom is -0.457 e. The smallest absolute Gasteiger partial charge is 0.251 e. The Morgan fingerprint density at radius 1 is 1.09 bits per heavy atom. The average Bonchev–Trinajstić information content (AvgIpc) is 3.38. The number of benzene rings is 2. The molecule has 2 saturated heterocycles. The molecule has 6 heteroatoms. The van der Waals surface area contributed by atoms with Gasteiger partial charge in [-0.05, 0) is 55.2 Å². The number of hydrogen-bond acceptors (Lipinski definition) is 4. The maximum absolute atomic E-state index is 13.4. The van der Waals surface area contributed by atoms with Crippen LogP contribution in [0.2, 0.25) is 0 Å². The number of amides is 2. The summed E-state index contributed by atoms with van der Waals surface area (Å²) in [7, 11) is 0. The highest BCUT2D eigenvalue weighted by Gasteiger charge is 2.47. The van der Waals surface area contributed by atoms with Crippen LogP contribution >= 0.6 is 0 Å². The lowest BCUT2D eigenvalue weighted by atomic mass is 10.0. The van der Waals surface area contributed by atoms with Gasteiger partial charge in [0.25, 0.3) is 5.91 Å². The van der Waals surface area contributed by atoms with Crippen molar-refractivity contribution in [3.63, 3.8) is 0 Å². The SMILES string of the molecule is CC(C)C[C@H](NC(=O)c1ccc(Oc2ccccc2)cc1)C(=O)N1CC(C)C2OCC[C@H]21. The summed E-state index contributed by atoms with van der Waals surface area (Å²) in [6.07, 6.45) is 1.58. The van der Waals surface area contributed by atoms with Crippen LogP contribution in [0.3, 0.4) is 0 Å². The van der Waals surface area contributed by atoms with Crippen LogP contribution in [0.15, 0.2) is 54.6 Å². The fourth-order valence-electron chi connectivity index (χ4n) is 4.71. The molecule has 170 valence electrons. The first-order chi connectivity index (χ1) is 15.4. The minimum atomic E-state index is -0.547. The molecule has 0 aliphatic carbocycles. The largest absolute Gasteiger partial charge is 0.457 e. The first-order valence-electron chi connectivity index (χ1n) is 11.5. The molecule has 32 heavy (non-hydrogen) atoms. The Kier molecular flexibility index (Phi) is 6.80. The van der Waals surface area contributed by atoms with E-state index in [2.05, 4.69) is 26.1 Å². The van der Waals surface area contributed by atoms with Crippen molar-refractivity contribution in [2.45, 2.75) is 51.8 Å². The summed E-state index contributed by atoms with van der Waals surface area (Å²) in [6, 6.07) is 16.1. The number of carbonyl (C=O) groups is 2. The number of carbonyl (C=O) groups excluding carboxylic acids is 2. The molecule has 2 aliphatic heterocycles. The predicted octanol–water partition coefficient (Wildman–Crippen LogP) is 4.26. The van der Waals surface area contributed by atoms with Gasteiger partial charge in [-0.1, -0.05) is 39.0 Å². The summed E-state index contributed by atoms with van der Waals surface area (Å²) < 4.78 is 11.6. The molecule has 2 aliphatic rings. The highest BCUT2D eigenvalue weighted by Crippen LogP contribution is 2.34. The van der Waals surface area contributed by atoms with Crippen molar-refractivity contribution in [1.29, 1.82) is 0 Å². The van der Waals surface area contributed by atoms with Crippen LogP contribution in [-0.2, 0) is 9.53 Å². The second-order valence-corrected chi connectivity index (χ2v) is 9.25. The van der Waals surface area contributed by atoms with Crippen LogP contribution in [-0.4, -0.2) is 48.1 Å². The third kappa shape index (κ3) is 4.96. The van der Waals surface area contributed by atoms with E-state index >= 15 is 0 Å². The summed E-state index contributed by atoms with van der Waals surface area (Å²) in [5.41, 5.74) is 0.504. The van der Waals surface area contributed by atoms with E-state index in [4.69, 9.17) is 9.47 Å². The van der Waals surface area contributed by atoms with Gasteiger partial charge < -0.3 is 19.7 Å². The van der Waals surface area contributed by atoms with Crippen molar-refractivity contribution >= 4 is 11.8 Å². The second kappa shape index (κ2) is 9.74. The Balaban J connectivity index is 1.43. The summed E-state index contributed by atoms with van der Waals surface area (Å²) in [5, 5.41) is 2.99. The zero-order valence-electron chi connectivity index (χ0n) is 19.0. The van der Waals surface area contributed by atoms with Gasteiger partial charge in [-0.25, -0.2) is 0 Å². The van der Waals surface area contributed by atoms with Crippen LogP contribution in [0.25, 0.3) is 0 Å². The molecule has 1 N–H and O–H groups in total. The van der Waals surface area contributed by atoms with Gasteiger partial charge in [0.15, 0.2) is 0 Å². The third-order valence-corrected chi connectivity index (χ3v) is 6.24. The maximum atomic E-state index is 13.4. The number of ether oxygens (including phenoxy) is 2. The molecule has 2 aromatic rings. The Hall–Kier alpha value is -2.86. The Labute approximate surface area is 189 Å². The number of rotatable bonds is 7. The van der Waals surface area contributed by atoms with Gasteiger partial charge in [0.1, 0.15) is 17.5 Å². The van der Waals surface area contributed by atoms with Gasteiger partial charge in [0.2, 0.25) is 5.91 Å². The summed E-state index contributed by atoms with van der Waals surface area (Å²) in [6.45, 7) is 7.64. The van der Waals surface area contributed by atoms with Crippen LogP contribution in [0.1, 0.15) is 44.0 Å². The average molecular weight is 437 g/mol. The lowest BCUT2D eigenvalue weighted by Gasteiger charge is -2.29. The van der Waals surface area contributed by atoms with Gasteiger partial charge >= 0.3 is 0 Å². The lowest BCUT2D eigenvalue weighted by molar-refractivity contribution is -0.134. The molecule has 0 radical (unpaired) electrons. The van der Waals surface area contributed by atoms with Crippen molar-refractivity contribution in [3.8, 4) is 11.5 Å². The number of para-hydroxylation sites is 1. The van der Waals surface area contributed by atoms with Crippen molar-refractivity contribution in [2.75, 3.05) is 13.2 Å². The molecular formula is C26H32N2O4. The van der Waals surface area contributed by atoms with Gasteiger partial charge in [0, 0.05) is 24.6 Å². The lowest BCUT2D eigenvalue weighted by Crippen LogP contribution is -2.51. The monoisotopic (exact) mass is 436 g/mol. The zero-order valence-corrected chi connectivity index (χ0v) is 19.0. The molecule has 2 fully saturated rings. The molecule has 0 aromatic heterocycles. The first-order valence-corrected chi connectivity index (χ1v) is 11.5. The van der Waals surface area contributed by atoms with E-state index in [1.165, 1.54) is 0 Å². The van der Waals surface area contributed by atoms with Crippen molar-refractivity contribution in [3.05, 3.63) is 60.2 Å². The van der Waals surface area contributed by atoms with Crippen LogP contribution < -0.4 is 10.1 Å². The van der Waals surface area contributed by atoms with Gasteiger partial charge in [0.05, 0.1) is 12.1 Å². The molecule has 4 atom stereocenters. The van der Waals surface area contributed by atoms with Gasteiger partial charge in [-0.3, -0.25) is 9.59 Å². The number of fused-ring (bicyclic) bond motifs is 1. The highest BCUT2D eigenvalue weighted by molar-refractivity contribution is 5.97. The van der Waals surface area contributed by atoms with Crippen LogP contribution in [0.4, 0.5) is 0 Å². The summed E-state index contributed by atoms with van der Waals surface area (Å²) >= 11 is 0. The fraction of sp³-hybridized carbons (Fsp3) is 0.462. The molecule has 2 unspecified atom stereocenters. The predicted molar refractivity (Wildman–Crippen MR) is 123 cm³/mol. The molecule has 4 rings (SSSR count). The van der Waals surface area contributed by atoms with E-state index in [0.717, 1.165) is 12.2 Å². The Morgan fingerprint density at radius 3 is 2.47 bits per heavy atom. The molecule has 2 amide bonds. The van der Waals surface area contributed by atoms with Crippen LogP contribution in [0.5, 0.6) is 11.5 Å². The summed E-state index contributed by atoms with van der Waals surface area (Å²) in [4.78, 5) is 28.3. The maximum Gasteiger partial charge on any atom is 0.251 e. The van der Waals surface area contributed by atoms with E-state index in [0.29, 0.717) is 36.8 Å². The van der Waals surface area contributed by atoms with E-state index in [9.17, 15) is 9.59 Å². The minimum absolute atomic E-state index is 0.000862. The molecule has 0 spiro atoms. The highest BCUT2D eigenvalue weighted by atomic mass is 16.5. The fourth-order valence-corrected chi connectivity index (χ4v) is 4.71. The quantitative estimate of drug-likeness (QED) is 0.704. The molecule has 2 heterocycles.